The number of thioether (sulfide) groups is 1. The van der Waals surface area contributed by atoms with E-state index in [0.717, 1.165) is 5.75 Å². The van der Waals surface area contributed by atoms with Gasteiger partial charge in [0.2, 0.25) is 0 Å². The number of carboxylic acid groups (broad SMARTS) is 1. The van der Waals surface area contributed by atoms with E-state index < -0.39 is 11.9 Å². The van der Waals surface area contributed by atoms with Gasteiger partial charge in [0.1, 0.15) is 0 Å². The fourth-order valence-corrected chi connectivity index (χ4v) is 3.01. The SMILES string of the molecule is CSCC(C)n1c(C)c(C(C)C(=O)O)c(C)nc1=O. The lowest BCUT2D eigenvalue weighted by molar-refractivity contribution is -0.138. The molecule has 6 heteroatoms. The minimum absolute atomic E-state index is 0.00431. The highest BCUT2D eigenvalue weighted by molar-refractivity contribution is 7.98. The Morgan fingerprint density at radius 1 is 1.42 bits per heavy atom. The summed E-state index contributed by atoms with van der Waals surface area (Å²) in [6.45, 7) is 7.04. The standard InChI is InChI=1S/C13H20N2O3S/c1-7(6-19-5)15-10(4)11(8(2)12(16)17)9(3)14-13(15)18/h7-8H,6H2,1-5H3,(H,16,17). The van der Waals surface area contributed by atoms with Crippen molar-refractivity contribution in [3.8, 4) is 0 Å². The number of carboxylic acids is 1. The second-order valence-corrected chi connectivity index (χ2v) is 5.62. The third-order valence-electron chi connectivity index (χ3n) is 3.26. The molecular weight excluding hydrogens is 264 g/mol. The van der Waals surface area contributed by atoms with Crippen LogP contribution in [-0.4, -0.2) is 32.6 Å². The van der Waals surface area contributed by atoms with Crippen molar-refractivity contribution in [1.29, 1.82) is 0 Å². The molecule has 106 valence electrons. The van der Waals surface area contributed by atoms with Crippen LogP contribution >= 0.6 is 11.8 Å². The highest BCUT2D eigenvalue weighted by Gasteiger charge is 2.23. The van der Waals surface area contributed by atoms with Gasteiger partial charge in [-0.15, -0.1) is 0 Å². The molecule has 0 fully saturated rings. The molecule has 1 aromatic heterocycles. The zero-order valence-corrected chi connectivity index (χ0v) is 12.7. The van der Waals surface area contributed by atoms with Crippen LogP contribution in [0.25, 0.3) is 0 Å². The third-order valence-corrected chi connectivity index (χ3v) is 4.08. The highest BCUT2D eigenvalue weighted by atomic mass is 32.2. The Morgan fingerprint density at radius 2 is 2.00 bits per heavy atom. The topological polar surface area (TPSA) is 72.2 Å². The Labute approximate surface area is 117 Å². The average molecular weight is 284 g/mol. The summed E-state index contributed by atoms with van der Waals surface area (Å²) in [6.07, 6.45) is 1.97. The molecule has 19 heavy (non-hydrogen) atoms. The fourth-order valence-electron chi connectivity index (χ4n) is 2.38. The molecule has 0 aromatic carbocycles. The molecule has 1 heterocycles. The molecule has 0 spiro atoms. The predicted molar refractivity (Wildman–Crippen MR) is 77.1 cm³/mol. The maximum atomic E-state index is 12.0. The van der Waals surface area contributed by atoms with E-state index in [-0.39, 0.29) is 11.7 Å². The molecule has 0 bridgehead atoms. The molecule has 1 aromatic rings. The van der Waals surface area contributed by atoms with Crippen LogP contribution in [0.2, 0.25) is 0 Å². The Kier molecular flexibility index (Phi) is 5.17. The van der Waals surface area contributed by atoms with E-state index in [4.69, 9.17) is 5.11 Å². The zero-order chi connectivity index (χ0) is 14.7. The summed E-state index contributed by atoms with van der Waals surface area (Å²) in [5.74, 6) is -0.789. The van der Waals surface area contributed by atoms with Gasteiger partial charge < -0.3 is 5.11 Å². The van der Waals surface area contributed by atoms with E-state index in [0.29, 0.717) is 17.0 Å². The largest absolute Gasteiger partial charge is 0.481 e. The van der Waals surface area contributed by atoms with Crippen molar-refractivity contribution in [3.05, 3.63) is 27.4 Å². The van der Waals surface area contributed by atoms with Gasteiger partial charge in [0.15, 0.2) is 0 Å². The molecule has 0 saturated heterocycles. The number of hydrogen-bond donors (Lipinski definition) is 1. The molecule has 0 saturated carbocycles. The van der Waals surface area contributed by atoms with E-state index in [9.17, 15) is 9.59 Å². The summed E-state index contributed by atoms with van der Waals surface area (Å²) >= 11 is 1.64. The molecule has 2 atom stereocenters. The summed E-state index contributed by atoms with van der Waals surface area (Å²) in [5.41, 5.74) is 1.54. The highest BCUT2D eigenvalue weighted by Crippen LogP contribution is 2.23. The van der Waals surface area contributed by atoms with Gasteiger partial charge in [0, 0.05) is 28.7 Å². The summed E-state index contributed by atoms with van der Waals surface area (Å²) in [4.78, 5) is 27.2. The van der Waals surface area contributed by atoms with Crippen molar-refractivity contribution in [3.63, 3.8) is 0 Å². The van der Waals surface area contributed by atoms with Gasteiger partial charge in [-0.1, -0.05) is 0 Å². The molecule has 1 rings (SSSR count). The molecule has 0 aliphatic rings. The second kappa shape index (κ2) is 6.23. The minimum atomic E-state index is -0.907. The lowest BCUT2D eigenvalue weighted by Crippen LogP contribution is -2.32. The van der Waals surface area contributed by atoms with Crippen molar-refractivity contribution < 1.29 is 9.90 Å². The van der Waals surface area contributed by atoms with E-state index in [1.807, 2.05) is 13.2 Å². The second-order valence-electron chi connectivity index (χ2n) is 4.71. The Morgan fingerprint density at radius 3 is 2.47 bits per heavy atom. The number of aryl methyl sites for hydroxylation is 1. The Bertz CT molecular complexity index is 539. The van der Waals surface area contributed by atoms with E-state index >= 15 is 0 Å². The van der Waals surface area contributed by atoms with Crippen LogP contribution in [0.15, 0.2) is 4.79 Å². The van der Waals surface area contributed by atoms with Crippen molar-refractivity contribution in [2.75, 3.05) is 12.0 Å². The average Bonchev–Trinajstić information content (AvgIpc) is 2.28. The lowest BCUT2D eigenvalue weighted by atomic mass is 9.98. The van der Waals surface area contributed by atoms with Gasteiger partial charge in [-0.25, -0.2) is 4.79 Å². The van der Waals surface area contributed by atoms with Gasteiger partial charge in [-0.3, -0.25) is 9.36 Å². The molecule has 2 unspecified atom stereocenters. The van der Waals surface area contributed by atoms with Crippen molar-refractivity contribution in [2.45, 2.75) is 39.7 Å². The van der Waals surface area contributed by atoms with Crippen LogP contribution < -0.4 is 5.69 Å². The molecule has 5 nitrogen and oxygen atoms in total. The van der Waals surface area contributed by atoms with Crippen LogP contribution in [0.4, 0.5) is 0 Å². The van der Waals surface area contributed by atoms with Crippen LogP contribution in [0, 0.1) is 13.8 Å². The smallest absolute Gasteiger partial charge is 0.348 e. The summed E-state index contributed by atoms with van der Waals surface area (Å²) in [7, 11) is 0. The van der Waals surface area contributed by atoms with Crippen LogP contribution in [0.3, 0.4) is 0 Å². The van der Waals surface area contributed by atoms with Crippen molar-refractivity contribution >= 4 is 17.7 Å². The van der Waals surface area contributed by atoms with Gasteiger partial charge in [-0.05, 0) is 34.0 Å². The number of aromatic nitrogens is 2. The summed E-state index contributed by atoms with van der Waals surface area (Å²) in [5, 5.41) is 9.17. The first-order valence-electron chi connectivity index (χ1n) is 6.12. The Hall–Kier alpha value is -1.30. The molecule has 0 aliphatic carbocycles. The predicted octanol–water partition coefficient (Wildman–Crippen LogP) is 1.97. The molecule has 0 aliphatic heterocycles. The van der Waals surface area contributed by atoms with E-state index in [1.165, 1.54) is 0 Å². The maximum Gasteiger partial charge on any atom is 0.348 e. The first kappa shape index (κ1) is 15.8. The first-order valence-corrected chi connectivity index (χ1v) is 7.52. The first-order chi connectivity index (χ1) is 8.81. The summed E-state index contributed by atoms with van der Waals surface area (Å²) in [6, 6.07) is -0.00431. The lowest BCUT2D eigenvalue weighted by Gasteiger charge is -2.21. The van der Waals surface area contributed by atoms with Gasteiger partial charge in [0.05, 0.1) is 5.92 Å². The molecule has 0 amide bonds. The van der Waals surface area contributed by atoms with Gasteiger partial charge in [0.25, 0.3) is 0 Å². The van der Waals surface area contributed by atoms with Gasteiger partial charge in [-0.2, -0.15) is 16.7 Å². The van der Waals surface area contributed by atoms with Gasteiger partial charge >= 0.3 is 11.7 Å². The minimum Gasteiger partial charge on any atom is -0.481 e. The van der Waals surface area contributed by atoms with E-state index in [2.05, 4.69) is 4.98 Å². The summed E-state index contributed by atoms with van der Waals surface area (Å²) < 4.78 is 1.60. The normalized spacial score (nSPS) is 14.2. The fraction of sp³-hybridized carbons (Fsp3) is 0.615. The quantitative estimate of drug-likeness (QED) is 0.895. The van der Waals surface area contributed by atoms with Crippen LogP contribution in [0.1, 0.15) is 42.8 Å². The van der Waals surface area contributed by atoms with E-state index in [1.54, 1.807) is 37.1 Å². The zero-order valence-electron chi connectivity index (χ0n) is 11.9. The number of hydrogen-bond acceptors (Lipinski definition) is 4. The van der Waals surface area contributed by atoms with Crippen LogP contribution in [0.5, 0.6) is 0 Å². The van der Waals surface area contributed by atoms with Crippen molar-refractivity contribution in [1.82, 2.24) is 9.55 Å². The van der Waals surface area contributed by atoms with Crippen molar-refractivity contribution in [2.24, 2.45) is 0 Å². The number of carbonyl (C=O) groups is 1. The maximum absolute atomic E-state index is 12.0. The number of aliphatic carboxylic acids is 1. The molecule has 1 N–H and O–H groups in total. The molecule has 0 radical (unpaired) electrons. The molecular formula is C13H20N2O3S. The number of rotatable bonds is 5. The Balaban J connectivity index is 3.47. The van der Waals surface area contributed by atoms with Crippen LogP contribution in [-0.2, 0) is 4.79 Å². The monoisotopic (exact) mass is 284 g/mol. The third kappa shape index (κ3) is 3.18. The number of nitrogens with zero attached hydrogens (tertiary/aromatic N) is 2.